The quantitative estimate of drug-likeness (QED) is 0.319. The molecule has 0 saturated heterocycles. The lowest BCUT2D eigenvalue weighted by molar-refractivity contribution is -0.138. The molecular weight excluding hydrogens is 510 g/mol. The predicted molar refractivity (Wildman–Crippen MR) is 137 cm³/mol. The van der Waals surface area contributed by atoms with Gasteiger partial charge in [0.2, 0.25) is 11.8 Å². The first-order valence-electron chi connectivity index (χ1n) is 10.3. The van der Waals surface area contributed by atoms with Gasteiger partial charge in [-0.25, -0.2) is 0 Å². The van der Waals surface area contributed by atoms with Crippen molar-refractivity contribution >= 4 is 70.0 Å². The van der Waals surface area contributed by atoms with Crippen molar-refractivity contribution in [3.8, 4) is 0 Å². The van der Waals surface area contributed by atoms with E-state index in [0.29, 0.717) is 38.0 Å². The number of nitrogens with zero attached hydrogens (tertiary/aromatic N) is 1. The van der Waals surface area contributed by atoms with E-state index in [1.807, 2.05) is 6.92 Å². The average Bonchev–Trinajstić information content (AvgIpc) is 2.75. The van der Waals surface area contributed by atoms with Crippen molar-refractivity contribution in [3.05, 3.63) is 67.6 Å². The molecule has 0 aliphatic carbocycles. The predicted octanol–water partition coefficient (Wildman–Crippen LogP) is 6.87. The van der Waals surface area contributed by atoms with E-state index in [2.05, 4.69) is 5.32 Å². The number of hydrogen-bond donors (Lipinski definition) is 1. The number of hydrogen-bond acceptors (Lipinski definition) is 3. The van der Waals surface area contributed by atoms with Crippen molar-refractivity contribution < 1.29 is 9.59 Å². The summed E-state index contributed by atoms with van der Waals surface area (Å²) in [4.78, 5) is 27.4. The van der Waals surface area contributed by atoms with E-state index in [1.54, 1.807) is 43.3 Å². The highest BCUT2D eigenvalue weighted by atomic mass is 35.5. The largest absolute Gasteiger partial charge is 0.354 e. The standard InChI is InChI=1S/C23H26Cl4N2O2S/c1-3-4-11-28-23(31)15(2)29(12-16-18(24)7-5-8-19(16)25)22(30)14-32-13-17-20(26)9-6-10-21(17)27/h5-10,15H,3-4,11-14H2,1-2H3,(H,28,31)/t15-/m0/s1. The van der Waals surface area contributed by atoms with Crippen LogP contribution in [0.15, 0.2) is 36.4 Å². The summed E-state index contributed by atoms with van der Waals surface area (Å²) in [5.41, 5.74) is 1.39. The second kappa shape index (κ2) is 13.6. The van der Waals surface area contributed by atoms with Gasteiger partial charge in [0.25, 0.3) is 0 Å². The van der Waals surface area contributed by atoms with Crippen molar-refractivity contribution in [1.29, 1.82) is 0 Å². The van der Waals surface area contributed by atoms with Gasteiger partial charge in [-0.15, -0.1) is 11.8 Å². The lowest BCUT2D eigenvalue weighted by atomic mass is 10.1. The minimum absolute atomic E-state index is 0.132. The van der Waals surface area contributed by atoms with Crippen molar-refractivity contribution in [3.63, 3.8) is 0 Å². The molecule has 0 spiro atoms. The molecule has 2 rings (SSSR count). The van der Waals surface area contributed by atoms with Crippen LogP contribution in [0.2, 0.25) is 20.1 Å². The van der Waals surface area contributed by atoms with E-state index < -0.39 is 6.04 Å². The second-order valence-corrected chi connectivity index (χ2v) is 9.85. The minimum Gasteiger partial charge on any atom is -0.354 e. The van der Waals surface area contributed by atoms with Crippen molar-refractivity contribution in [1.82, 2.24) is 10.2 Å². The van der Waals surface area contributed by atoms with E-state index in [1.165, 1.54) is 16.7 Å². The molecule has 0 radical (unpaired) electrons. The molecule has 0 bridgehead atoms. The van der Waals surface area contributed by atoms with Gasteiger partial charge in [0, 0.05) is 44.5 Å². The number of carbonyl (C=O) groups excluding carboxylic acids is 2. The van der Waals surface area contributed by atoms with Crippen LogP contribution in [0.4, 0.5) is 0 Å². The highest BCUT2D eigenvalue weighted by Gasteiger charge is 2.27. The summed E-state index contributed by atoms with van der Waals surface area (Å²) < 4.78 is 0. The van der Waals surface area contributed by atoms with Crippen LogP contribution < -0.4 is 5.32 Å². The number of halogens is 4. The van der Waals surface area contributed by atoms with Crippen LogP contribution >= 0.6 is 58.2 Å². The molecule has 174 valence electrons. The van der Waals surface area contributed by atoms with Crippen molar-refractivity contribution in [2.75, 3.05) is 12.3 Å². The van der Waals surface area contributed by atoms with E-state index in [4.69, 9.17) is 46.4 Å². The first kappa shape index (κ1) is 27.1. The molecule has 2 aromatic rings. The zero-order valence-electron chi connectivity index (χ0n) is 18.0. The Hall–Kier alpha value is -1.11. The molecule has 4 nitrogen and oxygen atoms in total. The topological polar surface area (TPSA) is 49.4 Å². The van der Waals surface area contributed by atoms with Gasteiger partial charge in [0.1, 0.15) is 6.04 Å². The second-order valence-electron chi connectivity index (χ2n) is 7.24. The monoisotopic (exact) mass is 534 g/mol. The minimum atomic E-state index is -0.684. The number of unbranched alkanes of at least 4 members (excludes halogenated alkanes) is 1. The summed E-state index contributed by atoms with van der Waals surface area (Å²) in [6, 6.07) is 9.79. The number of benzene rings is 2. The van der Waals surface area contributed by atoms with Gasteiger partial charge >= 0.3 is 0 Å². The number of rotatable bonds is 11. The van der Waals surface area contributed by atoms with E-state index in [9.17, 15) is 9.59 Å². The van der Waals surface area contributed by atoms with Crippen LogP contribution in [0.3, 0.4) is 0 Å². The molecule has 0 fully saturated rings. The lowest BCUT2D eigenvalue weighted by Crippen LogP contribution is -2.48. The lowest BCUT2D eigenvalue weighted by Gasteiger charge is -2.29. The molecular formula is C23H26Cl4N2O2S. The van der Waals surface area contributed by atoms with E-state index >= 15 is 0 Å². The maximum absolute atomic E-state index is 13.2. The molecule has 0 aliphatic heterocycles. The summed E-state index contributed by atoms with van der Waals surface area (Å²) in [5.74, 6) is 0.208. The average molecular weight is 536 g/mol. The molecule has 1 atom stereocenters. The normalized spacial score (nSPS) is 11.8. The van der Waals surface area contributed by atoms with Crippen LogP contribution in [0.5, 0.6) is 0 Å². The summed E-state index contributed by atoms with van der Waals surface area (Å²) in [6.07, 6.45) is 1.84. The Labute approximate surface area is 213 Å². The molecule has 1 N–H and O–H groups in total. The first-order chi connectivity index (χ1) is 15.3. The summed E-state index contributed by atoms with van der Waals surface area (Å²) in [6.45, 7) is 4.45. The van der Waals surface area contributed by atoms with Crippen LogP contribution in [-0.4, -0.2) is 35.1 Å². The Kier molecular flexibility index (Phi) is 11.5. The van der Waals surface area contributed by atoms with E-state index in [-0.39, 0.29) is 24.1 Å². The fourth-order valence-electron chi connectivity index (χ4n) is 2.97. The fraction of sp³-hybridized carbons (Fsp3) is 0.391. The smallest absolute Gasteiger partial charge is 0.242 e. The number of thioether (sulfide) groups is 1. The van der Waals surface area contributed by atoms with E-state index in [0.717, 1.165) is 18.4 Å². The number of amides is 2. The van der Waals surface area contributed by atoms with Gasteiger partial charge in [-0.2, -0.15) is 0 Å². The number of nitrogens with one attached hydrogen (secondary N) is 1. The molecule has 0 aliphatic rings. The zero-order valence-corrected chi connectivity index (χ0v) is 21.8. The fourth-order valence-corrected chi connectivity index (χ4v) is 5.13. The third-order valence-electron chi connectivity index (χ3n) is 4.92. The molecule has 0 heterocycles. The SMILES string of the molecule is CCCCNC(=O)[C@H](C)N(Cc1c(Cl)cccc1Cl)C(=O)CSCc1c(Cl)cccc1Cl. The van der Waals surface area contributed by atoms with Gasteiger partial charge in [-0.1, -0.05) is 71.9 Å². The maximum Gasteiger partial charge on any atom is 0.242 e. The molecule has 32 heavy (non-hydrogen) atoms. The molecule has 2 aromatic carbocycles. The Balaban J connectivity index is 2.15. The van der Waals surface area contributed by atoms with Crippen LogP contribution in [-0.2, 0) is 21.9 Å². The molecule has 9 heteroatoms. The van der Waals surface area contributed by atoms with Gasteiger partial charge < -0.3 is 10.2 Å². The van der Waals surface area contributed by atoms with Crippen LogP contribution in [0.1, 0.15) is 37.8 Å². The van der Waals surface area contributed by atoms with Gasteiger partial charge in [0.15, 0.2) is 0 Å². The Morgan fingerprint density at radius 1 is 0.969 bits per heavy atom. The third kappa shape index (κ3) is 7.74. The van der Waals surface area contributed by atoms with Gasteiger partial charge in [0.05, 0.1) is 5.75 Å². The maximum atomic E-state index is 13.2. The van der Waals surface area contributed by atoms with Crippen LogP contribution in [0.25, 0.3) is 0 Å². The summed E-state index contributed by atoms with van der Waals surface area (Å²) in [5, 5.41) is 4.90. The van der Waals surface area contributed by atoms with Crippen LogP contribution in [0, 0.1) is 0 Å². The molecule has 0 saturated carbocycles. The van der Waals surface area contributed by atoms with Gasteiger partial charge in [-0.05, 0) is 43.2 Å². The van der Waals surface area contributed by atoms with Gasteiger partial charge in [-0.3, -0.25) is 9.59 Å². The highest BCUT2D eigenvalue weighted by molar-refractivity contribution is 7.99. The molecule has 0 aromatic heterocycles. The number of carbonyl (C=O) groups is 2. The first-order valence-corrected chi connectivity index (χ1v) is 12.9. The summed E-state index contributed by atoms with van der Waals surface area (Å²) >= 11 is 26.5. The molecule has 0 unspecified atom stereocenters. The van der Waals surface area contributed by atoms with Crippen molar-refractivity contribution in [2.24, 2.45) is 0 Å². The highest BCUT2D eigenvalue weighted by Crippen LogP contribution is 2.29. The Morgan fingerprint density at radius 2 is 1.50 bits per heavy atom. The van der Waals surface area contributed by atoms with Crippen molar-refractivity contribution in [2.45, 2.75) is 45.0 Å². The summed E-state index contributed by atoms with van der Waals surface area (Å²) in [7, 11) is 0. The molecule has 2 amide bonds. The zero-order chi connectivity index (χ0) is 23.7. The Morgan fingerprint density at radius 3 is 2.03 bits per heavy atom. The Bertz CT molecular complexity index is 902. The third-order valence-corrected chi connectivity index (χ3v) is 7.28.